The van der Waals surface area contributed by atoms with Gasteiger partial charge in [0.25, 0.3) is 0 Å². The summed E-state index contributed by atoms with van der Waals surface area (Å²) >= 11 is 1.18. The van der Waals surface area contributed by atoms with Gasteiger partial charge in [-0.05, 0) is 34.0 Å². The van der Waals surface area contributed by atoms with Crippen LogP contribution in [0, 0.1) is 10.1 Å². The van der Waals surface area contributed by atoms with E-state index >= 15 is 0 Å². The topological polar surface area (TPSA) is 66.7 Å². The van der Waals surface area contributed by atoms with Crippen molar-refractivity contribution in [2.45, 2.75) is 13.3 Å². The molecule has 1 rings (SSSR count). The normalized spacial score (nSPS) is 10.8. The molecule has 0 bridgehead atoms. The van der Waals surface area contributed by atoms with Crippen LogP contribution >= 0.6 is 11.3 Å². The molecule has 0 unspecified atom stereocenters. The minimum absolute atomic E-state index is 0.0163. The van der Waals surface area contributed by atoms with Gasteiger partial charge in [-0.25, -0.2) is 0 Å². The first-order chi connectivity index (χ1) is 8.82. The predicted molar refractivity (Wildman–Crippen MR) is 77.4 cm³/mol. The molecule has 0 radical (unpaired) electrons. The van der Waals surface area contributed by atoms with Gasteiger partial charge in [0, 0.05) is 19.7 Å². The largest absolute Gasteiger partial charge is 0.361 e. The van der Waals surface area contributed by atoms with Crippen LogP contribution in [0.1, 0.15) is 23.0 Å². The van der Waals surface area contributed by atoms with Gasteiger partial charge >= 0.3 is 5.69 Å². The van der Waals surface area contributed by atoms with E-state index in [-0.39, 0.29) is 11.5 Å². The van der Waals surface area contributed by atoms with Crippen LogP contribution in [0.25, 0.3) is 0 Å². The van der Waals surface area contributed by atoms with E-state index in [0.717, 1.165) is 19.5 Å². The summed E-state index contributed by atoms with van der Waals surface area (Å²) in [5.41, 5.74) is 0.0163. The Kier molecular flexibility index (Phi) is 5.44. The third-order valence-electron chi connectivity index (χ3n) is 2.68. The Morgan fingerprint density at radius 1 is 1.37 bits per heavy atom. The minimum atomic E-state index is -0.430. The quantitative estimate of drug-likeness (QED) is 0.436. The molecule has 19 heavy (non-hydrogen) atoms. The first kappa shape index (κ1) is 15.6. The molecule has 1 aromatic heterocycles. The van der Waals surface area contributed by atoms with E-state index < -0.39 is 4.92 Å². The molecular formula is C12H19N3O3S. The zero-order valence-electron chi connectivity index (χ0n) is 11.7. The molecule has 0 aliphatic rings. The number of carbonyl (C=O) groups is 1. The maximum Gasteiger partial charge on any atom is 0.304 e. The van der Waals surface area contributed by atoms with Gasteiger partial charge in [-0.1, -0.05) is 0 Å². The molecule has 106 valence electrons. The molecule has 0 aromatic carbocycles. The molecule has 0 saturated carbocycles. The van der Waals surface area contributed by atoms with E-state index in [0.29, 0.717) is 9.88 Å². The Morgan fingerprint density at radius 2 is 2.00 bits per heavy atom. The fourth-order valence-electron chi connectivity index (χ4n) is 1.68. The van der Waals surface area contributed by atoms with Gasteiger partial charge in [-0.15, -0.1) is 11.3 Å². The van der Waals surface area contributed by atoms with Gasteiger partial charge in [0.05, 0.1) is 9.80 Å². The standard InChI is InChI=1S/C12H19N3O3S/c1-9(16)11-8-10(15(17)18)12(19-11)14(4)7-5-6-13(2)3/h8H,5-7H2,1-4H3. The molecule has 0 saturated heterocycles. The van der Waals surface area contributed by atoms with Crippen LogP contribution in [0.2, 0.25) is 0 Å². The fraction of sp³-hybridized carbons (Fsp3) is 0.583. The van der Waals surface area contributed by atoms with Gasteiger partial charge < -0.3 is 9.80 Å². The van der Waals surface area contributed by atoms with Gasteiger partial charge in [0.2, 0.25) is 0 Å². The monoisotopic (exact) mass is 285 g/mol. The van der Waals surface area contributed by atoms with Crippen molar-refractivity contribution in [3.63, 3.8) is 0 Å². The van der Waals surface area contributed by atoms with Crippen molar-refractivity contribution in [1.82, 2.24) is 4.90 Å². The summed E-state index contributed by atoms with van der Waals surface area (Å²) in [6.07, 6.45) is 0.911. The van der Waals surface area contributed by atoms with E-state index in [1.807, 2.05) is 26.0 Å². The summed E-state index contributed by atoms with van der Waals surface area (Å²) in [5.74, 6) is -0.138. The van der Waals surface area contributed by atoms with Crippen molar-refractivity contribution in [1.29, 1.82) is 0 Å². The molecule has 0 amide bonds. The molecule has 0 spiro atoms. The fourth-order valence-corrected chi connectivity index (χ4v) is 2.68. The molecular weight excluding hydrogens is 266 g/mol. The van der Waals surface area contributed by atoms with Crippen LogP contribution < -0.4 is 4.90 Å². The number of nitro groups is 1. The molecule has 7 heteroatoms. The Hall–Kier alpha value is -1.47. The van der Waals surface area contributed by atoms with Gasteiger partial charge in [0.1, 0.15) is 0 Å². The third-order valence-corrected chi connectivity index (χ3v) is 4.02. The highest BCUT2D eigenvalue weighted by Crippen LogP contribution is 2.37. The Bertz CT molecular complexity index is 471. The lowest BCUT2D eigenvalue weighted by molar-refractivity contribution is -0.383. The van der Waals surface area contributed by atoms with Crippen molar-refractivity contribution in [3.8, 4) is 0 Å². The van der Waals surface area contributed by atoms with E-state index in [1.165, 1.54) is 24.3 Å². The predicted octanol–water partition coefficient (Wildman–Crippen LogP) is 2.25. The summed E-state index contributed by atoms with van der Waals surface area (Å²) in [5, 5.41) is 11.6. The molecule has 0 N–H and O–H groups in total. The minimum Gasteiger partial charge on any atom is -0.361 e. The summed E-state index contributed by atoms with van der Waals surface area (Å²) in [4.78, 5) is 26.2. The summed E-state index contributed by atoms with van der Waals surface area (Å²) < 4.78 is 0. The van der Waals surface area contributed by atoms with Crippen LogP contribution in [0.3, 0.4) is 0 Å². The highest BCUT2D eigenvalue weighted by molar-refractivity contribution is 7.18. The Balaban J connectivity index is 2.85. The number of rotatable bonds is 7. The van der Waals surface area contributed by atoms with Gasteiger partial charge in [0.15, 0.2) is 10.8 Å². The lowest BCUT2D eigenvalue weighted by Gasteiger charge is -2.18. The van der Waals surface area contributed by atoms with Crippen molar-refractivity contribution >= 4 is 27.8 Å². The molecule has 6 nitrogen and oxygen atoms in total. The number of nitrogens with zero attached hydrogens (tertiary/aromatic N) is 3. The molecule has 0 atom stereocenters. The van der Waals surface area contributed by atoms with Crippen LogP contribution in [0.5, 0.6) is 0 Å². The Labute approximate surface area is 116 Å². The lowest BCUT2D eigenvalue weighted by atomic mass is 10.3. The van der Waals surface area contributed by atoms with Gasteiger partial charge in [-0.2, -0.15) is 0 Å². The number of carbonyl (C=O) groups excluding carboxylic acids is 1. The summed E-state index contributed by atoms with van der Waals surface area (Å²) in [7, 11) is 5.79. The molecule has 1 heterocycles. The summed E-state index contributed by atoms with van der Waals surface area (Å²) in [6, 6.07) is 1.37. The highest BCUT2D eigenvalue weighted by atomic mass is 32.1. The third kappa shape index (κ3) is 4.29. The SMILES string of the molecule is CC(=O)c1cc([N+](=O)[O-])c(N(C)CCCN(C)C)s1. The van der Waals surface area contributed by atoms with E-state index in [2.05, 4.69) is 4.90 Å². The average Bonchev–Trinajstić information content (AvgIpc) is 2.73. The maximum absolute atomic E-state index is 11.3. The second-order valence-electron chi connectivity index (χ2n) is 4.69. The number of Topliss-reactive ketones (excluding diaryl/α,β-unsaturated/α-hetero) is 1. The second kappa shape index (κ2) is 6.63. The number of hydrogen-bond donors (Lipinski definition) is 0. The zero-order chi connectivity index (χ0) is 14.6. The number of ketones is 1. The number of hydrogen-bond acceptors (Lipinski definition) is 6. The average molecular weight is 285 g/mol. The smallest absolute Gasteiger partial charge is 0.304 e. The maximum atomic E-state index is 11.3. The van der Waals surface area contributed by atoms with Crippen LogP contribution in [-0.2, 0) is 0 Å². The van der Waals surface area contributed by atoms with E-state index in [1.54, 1.807) is 0 Å². The first-order valence-corrected chi connectivity index (χ1v) is 6.79. The van der Waals surface area contributed by atoms with Crippen LogP contribution in [-0.4, -0.2) is 49.8 Å². The van der Waals surface area contributed by atoms with E-state index in [4.69, 9.17) is 0 Å². The molecule has 0 aliphatic heterocycles. The van der Waals surface area contributed by atoms with Crippen molar-refractivity contribution in [2.75, 3.05) is 39.1 Å². The first-order valence-electron chi connectivity index (χ1n) is 5.98. The Morgan fingerprint density at radius 3 is 2.47 bits per heavy atom. The second-order valence-corrected chi connectivity index (χ2v) is 5.72. The molecule has 0 aliphatic carbocycles. The van der Waals surface area contributed by atoms with Crippen LogP contribution in [0.4, 0.5) is 10.7 Å². The molecule has 0 fully saturated rings. The van der Waals surface area contributed by atoms with Crippen molar-refractivity contribution < 1.29 is 9.72 Å². The van der Waals surface area contributed by atoms with Crippen LogP contribution in [0.15, 0.2) is 6.07 Å². The number of anilines is 1. The lowest BCUT2D eigenvalue weighted by Crippen LogP contribution is -2.23. The summed E-state index contributed by atoms with van der Waals surface area (Å²) in [6.45, 7) is 3.06. The van der Waals surface area contributed by atoms with Crippen molar-refractivity contribution in [3.05, 3.63) is 21.1 Å². The highest BCUT2D eigenvalue weighted by Gasteiger charge is 2.23. The number of thiophene rings is 1. The molecule has 1 aromatic rings. The van der Waals surface area contributed by atoms with E-state index in [9.17, 15) is 14.9 Å². The van der Waals surface area contributed by atoms with Gasteiger partial charge in [-0.3, -0.25) is 14.9 Å². The van der Waals surface area contributed by atoms with Crippen molar-refractivity contribution in [2.24, 2.45) is 0 Å². The zero-order valence-corrected chi connectivity index (χ0v) is 12.5.